The van der Waals surface area contributed by atoms with E-state index in [4.69, 9.17) is 9.47 Å². The summed E-state index contributed by atoms with van der Waals surface area (Å²) in [6.45, 7) is 0.412. The molecule has 1 aromatic carbocycles. The molecule has 0 aliphatic carbocycles. The van der Waals surface area contributed by atoms with Gasteiger partial charge < -0.3 is 30.5 Å². The molecular formula is C18H24N4O6. The third-order valence-electron chi connectivity index (χ3n) is 4.76. The van der Waals surface area contributed by atoms with Gasteiger partial charge in [0.05, 0.1) is 19.7 Å². The number of carbonyl (C=O) groups is 3. The van der Waals surface area contributed by atoms with Crippen molar-refractivity contribution in [3.63, 3.8) is 0 Å². The topological polar surface area (TPSA) is 129 Å². The lowest BCUT2D eigenvalue weighted by molar-refractivity contribution is -0.124. The number of aliphatic hydroxyl groups excluding tert-OH is 1. The number of rotatable bonds is 7. The summed E-state index contributed by atoms with van der Waals surface area (Å²) in [5.74, 6) is 0.413. The number of hydrogen-bond donors (Lipinski definition) is 4. The fraction of sp³-hybridized carbons (Fsp3) is 0.500. The Morgan fingerprint density at radius 1 is 1.32 bits per heavy atom. The van der Waals surface area contributed by atoms with Gasteiger partial charge in [0.15, 0.2) is 0 Å². The number of nitrogens with zero attached hydrogens (tertiary/aromatic N) is 1. The lowest BCUT2D eigenvalue weighted by Crippen LogP contribution is -2.43. The summed E-state index contributed by atoms with van der Waals surface area (Å²) >= 11 is 0. The van der Waals surface area contributed by atoms with Crippen molar-refractivity contribution in [1.29, 1.82) is 0 Å². The molecule has 0 unspecified atom stereocenters. The van der Waals surface area contributed by atoms with Gasteiger partial charge in [0.25, 0.3) is 0 Å². The molecule has 3 atom stereocenters. The third kappa shape index (κ3) is 4.70. The van der Waals surface area contributed by atoms with Crippen LogP contribution in [0.3, 0.4) is 0 Å². The predicted molar refractivity (Wildman–Crippen MR) is 97.9 cm³/mol. The number of benzene rings is 1. The maximum absolute atomic E-state index is 12.1. The molecule has 2 fully saturated rings. The molecule has 10 heteroatoms. The normalized spacial score (nSPS) is 24.2. The molecule has 1 aromatic rings. The number of amides is 4. The zero-order chi connectivity index (χ0) is 20.1. The van der Waals surface area contributed by atoms with Crippen molar-refractivity contribution in [3.8, 4) is 5.75 Å². The van der Waals surface area contributed by atoms with Gasteiger partial charge in [-0.2, -0.15) is 0 Å². The smallest absolute Gasteiger partial charge is 0.407 e. The highest BCUT2D eigenvalue weighted by Crippen LogP contribution is 2.19. The number of methoxy groups -OCH3 is 1. The maximum Gasteiger partial charge on any atom is 0.407 e. The molecule has 4 amide bonds. The van der Waals surface area contributed by atoms with Crippen LogP contribution in [0.5, 0.6) is 5.75 Å². The summed E-state index contributed by atoms with van der Waals surface area (Å²) in [5.41, 5.74) is 1.01. The fourth-order valence-corrected chi connectivity index (χ4v) is 3.25. The van der Waals surface area contributed by atoms with E-state index in [9.17, 15) is 19.5 Å². The van der Waals surface area contributed by atoms with Gasteiger partial charge in [-0.1, -0.05) is 12.1 Å². The predicted octanol–water partition coefficient (Wildman–Crippen LogP) is -0.783. The molecule has 10 nitrogen and oxygen atoms in total. The number of urea groups is 1. The first-order valence-electron chi connectivity index (χ1n) is 9.05. The Bertz CT molecular complexity index is 709. The van der Waals surface area contributed by atoms with Gasteiger partial charge in [0.1, 0.15) is 18.0 Å². The van der Waals surface area contributed by atoms with Gasteiger partial charge in [0.2, 0.25) is 5.91 Å². The molecule has 4 N–H and O–H groups in total. The number of nitrogens with one attached hydrogen (secondary N) is 3. The van der Waals surface area contributed by atoms with Crippen LogP contribution in [0, 0.1) is 0 Å². The van der Waals surface area contributed by atoms with Crippen molar-refractivity contribution in [2.75, 3.05) is 33.3 Å². The fourth-order valence-electron chi connectivity index (χ4n) is 3.25. The zero-order valence-electron chi connectivity index (χ0n) is 15.5. The average molecular weight is 392 g/mol. The van der Waals surface area contributed by atoms with Crippen LogP contribution in [0.2, 0.25) is 0 Å². The second kappa shape index (κ2) is 8.89. The van der Waals surface area contributed by atoms with Gasteiger partial charge in [-0.05, 0) is 24.1 Å². The minimum absolute atomic E-state index is 0.0315. The Morgan fingerprint density at radius 3 is 2.71 bits per heavy atom. The van der Waals surface area contributed by atoms with E-state index in [0.717, 1.165) is 16.2 Å². The Morgan fingerprint density at radius 2 is 2.07 bits per heavy atom. The molecule has 2 saturated heterocycles. The Kier molecular flexibility index (Phi) is 6.32. The first-order chi connectivity index (χ1) is 13.5. The van der Waals surface area contributed by atoms with E-state index in [1.54, 1.807) is 7.11 Å². The first kappa shape index (κ1) is 19.9. The van der Waals surface area contributed by atoms with Crippen LogP contribution in [-0.2, 0) is 16.0 Å². The van der Waals surface area contributed by atoms with E-state index in [1.165, 1.54) is 0 Å². The number of imide groups is 1. The SMILES string of the molecule is COc1ccc(C[C@H]2NC[C@H](O)[C@H]2OC(=O)NCCN2C(=O)CNC2=O)cc1. The monoisotopic (exact) mass is 392 g/mol. The minimum atomic E-state index is -0.820. The van der Waals surface area contributed by atoms with Crippen LogP contribution in [0.25, 0.3) is 0 Å². The molecule has 3 rings (SSSR count). The number of carbonyl (C=O) groups excluding carboxylic acids is 3. The summed E-state index contributed by atoms with van der Waals surface area (Å²) in [6, 6.07) is 6.81. The van der Waals surface area contributed by atoms with Crippen LogP contribution in [0.15, 0.2) is 24.3 Å². The number of hydrogen-bond acceptors (Lipinski definition) is 7. The second-order valence-corrected chi connectivity index (χ2v) is 6.64. The highest BCUT2D eigenvalue weighted by molar-refractivity contribution is 6.01. The highest BCUT2D eigenvalue weighted by Gasteiger charge is 2.38. The van der Waals surface area contributed by atoms with Crippen LogP contribution in [0.1, 0.15) is 5.56 Å². The van der Waals surface area contributed by atoms with E-state index in [-0.39, 0.29) is 31.6 Å². The molecule has 0 spiro atoms. The summed E-state index contributed by atoms with van der Waals surface area (Å²) in [7, 11) is 1.60. The summed E-state index contributed by atoms with van der Waals surface area (Å²) in [6.07, 6.45) is -1.67. The second-order valence-electron chi connectivity index (χ2n) is 6.64. The largest absolute Gasteiger partial charge is 0.497 e. The standard InChI is InChI=1S/C18H24N4O6/c1-27-12-4-2-11(3-5-12)8-13-16(14(23)9-20-13)28-18(26)19-6-7-22-15(24)10-21-17(22)25/h2-5,13-14,16,20,23H,6-10H2,1H3,(H,19,26)(H,21,25)/t13-,14+,16+/m1/s1. The Labute approximate surface area is 162 Å². The van der Waals surface area contributed by atoms with E-state index < -0.39 is 24.3 Å². The van der Waals surface area contributed by atoms with Gasteiger partial charge in [-0.25, -0.2) is 9.59 Å². The molecule has 2 aliphatic rings. The average Bonchev–Trinajstić information content (AvgIpc) is 3.19. The summed E-state index contributed by atoms with van der Waals surface area (Å²) in [5, 5.41) is 18.2. The molecule has 152 valence electrons. The van der Waals surface area contributed by atoms with E-state index in [1.807, 2.05) is 24.3 Å². The highest BCUT2D eigenvalue weighted by atomic mass is 16.6. The van der Waals surface area contributed by atoms with E-state index in [2.05, 4.69) is 16.0 Å². The molecule has 0 aromatic heterocycles. The van der Waals surface area contributed by atoms with Crippen molar-refractivity contribution < 1.29 is 29.0 Å². The van der Waals surface area contributed by atoms with Crippen molar-refractivity contribution in [2.45, 2.75) is 24.7 Å². The van der Waals surface area contributed by atoms with Gasteiger partial charge in [-0.3, -0.25) is 9.69 Å². The molecule has 0 saturated carbocycles. The van der Waals surface area contributed by atoms with Crippen molar-refractivity contribution in [1.82, 2.24) is 20.9 Å². The lowest BCUT2D eigenvalue weighted by atomic mass is 10.0. The molecule has 2 heterocycles. The van der Waals surface area contributed by atoms with Gasteiger partial charge in [-0.15, -0.1) is 0 Å². The van der Waals surface area contributed by atoms with Crippen LogP contribution >= 0.6 is 0 Å². The van der Waals surface area contributed by atoms with Crippen LogP contribution in [-0.4, -0.2) is 79.6 Å². The Balaban J connectivity index is 1.48. The minimum Gasteiger partial charge on any atom is -0.497 e. The number of alkyl carbamates (subject to hydrolysis) is 1. The van der Waals surface area contributed by atoms with Crippen molar-refractivity contribution >= 4 is 18.0 Å². The van der Waals surface area contributed by atoms with E-state index in [0.29, 0.717) is 13.0 Å². The Hall–Kier alpha value is -2.85. The number of β-amino-alcohol motifs (C(OH)–C–C–N with tert-alkyl or cyclic N) is 1. The molecule has 28 heavy (non-hydrogen) atoms. The maximum atomic E-state index is 12.1. The summed E-state index contributed by atoms with van der Waals surface area (Å²) < 4.78 is 10.5. The molecular weight excluding hydrogens is 368 g/mol. The van der Waals surface area contributed by atoms with Crippen molar-refractivity contribution in [3.05, 3.63) is 29.8 Å². The first-order valence-corrected chi connectivity index (χ1v) is 9.05. The quantitative estimate of drug-likeness (QED) is 0.448. The van der Waals surface area contributed by atoms with Crippen LogP contribution < -0.4 is 20.7 Å². The van der Waals surface area contributed by atoms with Gasteiger partial charge >= 0.3 is 12.1 Å². The third-order valence-corrected chi connectivity index (χ3v) is 4.76. The number of aliphatic hydroxyl groups is 1. The number of ether oxygens (including phenoxy) is 2. The zero-order valence-corrected chi connectivity index (χ0v) is 15.5. The molecule has 2 aliphatic heterocycles. The van der Waals surface area contributed by atoms with Gasteiger partial charge in [0, 0.05) is 19.6 Å². The summed E-state index contributed by atoms with van der Waals surface area (Å²) in [4.78, 5) is 36.0. The molecule has 0 bridgehead atoms. The lowest BCUT2D eigenvalue weighted by Gasteiger charge is -2.22. The van der Waals surface area contributed by atoms with E-state index >= 15 is 0 Å². The van der Waals surface area contributed by atoms with Crippen molar-refractivity contribution in [2.24, 2.45) is 0 Å². The van der Waals surface area contributed by atoms with Crippen LogP contribution in [0.4, 0.5) is 9.59 Å². The molecule has 0 radical (unpaired) electrons.